The van der Waals surface area contributed by atoms with E-state index in [0.717, 1.165) is 37.2 Å². The van der Waals surface area contributed by atoms with Gasteiger partial charge < -0.3 is 15.0 Å². The molecule has 0 amide bonds. The second kappa shape index (κ2) is 8.02. The van der Waals surface area contributed by atoms with Crippen LogP contribution in [-0.4, -0.2) is 32.8 Å². The Bertz CT molecular complexity index is 446. The molecule has 21 heavy (non-hydrogen) atoms. The maximum Gasteiger partial charge on any atom is 0.0642 e. The van der Waals surface area contributed by atoms with Gasteiger partial charge in [-0.2, -0.15) is 0 Å². The van der Waals surface area contributed by atoms with Gasteiger partial charge in [-0.1, -0.05) is 17.7 Å². The second-order valence-corrected chi connectivity index (χ2v) is 6.55. The number of nitrogens with zero attached hydrogens (tertiary/aromatic N) is 1. The summed E-state index contributed by atoms with van der Waals surface area (Å²) in [7, 11) is 1.72. The zero-order valence-electron chi connectivity index (χ0n) is 13.4. The van der Waals surface area contributed by atoms with E-state index in [2.05, 4.69) is 42.3 Å². The van der Waals surface area contributed by atoms with Gasteiger partial charge in [0.15, 0.2) is 0 Å². The molecule has 0 spiro atoms. The number of rotatable bonds is 9. The summed E-state index contributed by atoms with van der Waals surface area (Å²) in [6.45, 7) is 8.01. The van der Waals surface area contributed by atoms with Crippen molar-refractivity contribution in [3.63, 3.8) is 0 Å². The average Bonchev–Trinajstić information content (AvgIpc) is 3.25. The van der Waals surface area contributed by atoms with Crippen LogP contribution < -0.4 is 10.2 Å². The van der Waals surface area contributed by atoms with Crippen LogP contribution in [-0.2, 0) is 11.3 Å². The highest BCUT2D eigenvalue weighted by atomic mass is 35.5. The summed E-state index contributed by atoms with van der Waals surface area (Å²) in [5.74, 6) is 0.860. The third kappa shape index (κ3) is 5.17. The van der Waals surface area contributed by atoms with Crippen LogP contribution in [0.5, 0.6) is 0 Å². The largest absolute Gasteiger partial charge is 0.383 e. The van der Waals surface area contributed by atoms with Crippen molar-refractivity contribution in [3.05, 3.63) is 28.8 Å². The summed E-state index contributed by atoms with van der Waals surface area (Å²) >= 11 is 6.52. The molecule has 0 unspecified atom stereocenters. The molecule has 0 saturated heterocycles. The molecule has 1 aliphatic carbocycles. The SMILES string of the molecule is COCCNCc1ccc(N(CC2CC2)C(C)C)c(Cl)c1. The fraction of sp³-hybridized carbons (Fsp3) is 0.647. The lowest BCUT2D eigenvalue weighted by Gasteiger charge is -2.30. The summed E-state index contributed by atoms with van der Waals surface area (Å²) < 4.78 is 5.03. The summed E-state index contributed by atoms with van der Waals surface area (Å²) in [6.07, 6.45) is 2.73. The van der Waals surface area contributed by atoms with Gasteiger partial charge in [0.25, 0.3) is 0 Å². The minimum Gasteiger partial charge on any atom is -0.383 e. The van der Waals surface area contributed by atoms with Crippen LogP contribution in [0.4, 0.5) is 5.69 Å². The minimum absolute atomic E-state index is 0.480. The number of hydrogen-bond donors (Lipinski definition) is 1. The second-order valence-electron chi connectivity index (χ2n) is 6.14. The number of halogens is 1. The Morgan fingerprint density at radius 2 is 2.14 bits per heavy atom. The van der Waals surface area contributed by atoms with Gasteiger partial charge in [0, 0.05) is 32.8 Å². The van der Waals surface area contributed by atoms with E-state index < -0.39 is 0 Å². The predicted molar refractivity (Wildman–Crippen MR) is 90.2 cm³/mol. The highest BCUT2D eigenvalue weighted by Crippen LogP contribution is 2.35. The van der Waals surface area contributed by atoms with E-state index in [-0.39, 0.29) is 0 Å². The smallest absolute Gasteiger partial charge is 0.0642 e. The standard InChI is InChI=1S/C17H27ClN2O/c1-13(2)20(12-14-4-5-14)17-7-6-15(10-16(17)18)11-19-8-9-21-3/h6-7,10,13-14,19H,4-5,8-9,11-12H2,1-3H3. The van der Waals surface area contributed by atoms with E-state index in [1.54, 1.807) is 7.11 Å². The molecule has 0 aromatic heterocycles. The van der Waals surface area contributed by atoms with Gasteiger partial charge in [-0.25, -0.2) is 0 Å². The molecule has 1 aromatic carbocycles. The van der Waals surface area contributed by atoms with Crippen molar-refractivity contribution in [1.29, 1.82) is 0 Å². The molecule has 0 atom stereocenters. The number of methoxy groups -OCH3 is 1. The maximum absolute atomic E-state index is 6.52. The Hall–Kier alpha value is -0.770. The van der Waals surface area contributed by atoms with Crippen LogP contribution in [0.15, 0.2) is 18.2 Å². The van der Waals surface area contributed by atoms with Crippen molar-refractivity contribution in [2.45, 2.75) is 39.3 Å². The number of ether oxygens (including phenoxy) is 1. The van der Waals surface area contributed by atoms with Gasteiger partial charge in [-0.15, -0.1) is 0 Å². The van der Waals surface area contributed by atoms with E-state index in [1.165, 1.54) is 24.1 Å². The van der Waals surface area contributed by atoms with Gasteiger partial charge >= 0.3 is 0 Å². The van der Waals surface area contributed by atoms with E-state index in [1.807, 2.05) is 0 Å². The van der Waals surface area contributed by atoms with Gasteiger partial charge in [0.05, 0.1) is 17.3 Å². The molecule has 4 heteroatoms. The monoisotopic (exact) mass is 310 g/mol. The van der Waals surface area contributed by atoms with Crippen molar-refractivity contribution in [2.75, 3.05) is 31.7 Å². The third-order valence-electron chi connectivity index (χ3n) is 3.91. The molecule has 0 radical (unpaired) electrons. The van der Waals surface area contributed by atoms with Crippen LogP contribution in [0.2, 0.25) is 5.02 Å². The molecule has 1 fully saturated rings. The number of nitrogens with one attached hydrogen (secondary N) is 1. The number of benzene rings is 1. The lowest BCUT2D eigenvalue weighted by molar-refractivity contribution is 0.199. The zero-order chi connectivity index (χ0) is 15.2. The average molecular weight is 311 g/mol. The molecule has 2 rings (SSSR count). The van der Waals surface area contributed by atoms with Gasteiger partial charge in [-0.3, -0.25) is 0 Å². The quantitative estimate of drug-likeness (QED) is 0.704. The first-order valence-electron chi connectivity index (χ1n) is 7.86. The Morgan fingerprint density at radius 1 is 1.38 bits per heavy atom. The summed E-state index contributed by atoms with van der Waals surface area (Å²) in [4.78, 5) is 2.43. The fourth-order valence-corrected chi connectivity index (χ4v) is 2.78. The topological polar surface area (TPSA) is 24.5 Å². The minimum atomic E-state index is 0.480. The fourth-order valence-electron chi connectivity index (χ4n) is 2.47. The molecule has 0 heterocycles. The Labute approximate surface area is 133 Å². The first-order valence-corrected chi connectivity index (χ1v) is 8.24. The van der Waals surface area contributed by atoms with Crippen molar-refractivity contribution in [1.82, 2.24) is 5.32 Å². The molecule has 0 bridgehead atoms. The van der Waals surface area contributed by atoms with E-state index >= 15 is 0 Å². The van der Waals surface area contributed by atoms with E-state index in [4.69, 9.17) is 16.3 Å². The highest BCUT2D eigenvalue weighted by Gasteiger charge is 2.26. The van der Waals surface area contributed by atoms with Gasteiger partial charge in [-0.05, 0) is 50.3 Å². The summed E-state index contributed by atoms with van der Waals surface area (Å²) in [5, 5.41) is 4.20. The number of hydrogen-bond acceptors (Lipinski definition) is 3. The third-order valence-corrected chi connectivity index (χ3v) is 4.21. The molecular weight excluding hydrogens is 284 g/mol. The lowest BCUT2D eigenvalue weighted by Crippen LogP contribution is -2.33. The van der Waals surface area contributed by atoms with Crippen LogP contribution in [0.25, 0.3) is 0 Å². The van der Waals surface area contributed by atoms with Gasteiger partial charge in [0.2, 0.25) is 0 Å². The summed E-state index contributed by atoms with van der Waals surface area (Å²) in [5.41, 5.74) is 2.38. The Kier molecular flexibility index (Phi) is 6.34. The van der Waals surface area contributed by atoms with Crippen LogP contribution >= 0.6 is 11.6 Å². The molecule has 3 nitrogen and oxygen atoms in total. The van der Waals surface area contributed by atoms with E-state index in [9.17, 15) is 0 Å². The molecule has 1 aliphatic rings. The molecule has 1 N–H and O–H groups in total. The highest BCUT2D eigenvalue weighted by molar-refractivity contribution is 6.33. The summed E-state index contributed by atoms with van der Waals surface area (Å²) in [6, 6.07) is 6.90. The first-order chi connectivity index (χ1) is 10.1. The van der Waals surface area contributed by atoms with Crippen LogP contribution in [0.3, 0.4) is 0 Å². The van der Waals surface area contributed by atoms with Gasteiger partial charge in [0.1, 0.15) is 0 Å². The Balaban J connectivity index is 1.99. The molecule has 1 saturated carbocycles. The van der Waals surface area contributed by atoms with E-state index in [0.29, 0.717) is 6.04 Å². The lowest BCUT2D eigenvalue weighted by atomic mass is 10.1. The molecular formula is C17H27ClN2O. The van der Waals surface area contributed by atoms with Crippen LogP contribution in [0, 0.1) is 5.92 Å². The van der Waals surface area contributed by atoms with Crippen molar-refractivity contribution >= 4 is 17.3 Å². The first kappa shape index (κ1) is 16.6. The predicted octanol–water partition coefficient (Wildman–Crippen LogP) is 3.70. The van der Waals surface area contributed by atoms with Crippen LogP contribution in [0.1, 0.15) is 32.3 Å². The Morgan fingerprint density at radius 3 is 2.71 bits per heavy atom. The molecule has 118 valence electrons. The molecule has 0 aliphatic heterocycles. The van der Waals surface area contributed by atoms with Crippen molar-refractivity contribution in [2.24, 2.45) is 5.92 Å². The maximum atomic E-state index is 6.52. The number of anilines is 1. The van der Waals surface area contributed by atoms with Crippen molar-refractivity contribution in [3.8, 4) is 0 Å². The van der Waals surface area contributed by atoms with Crippen molar-refractivity contribution < 1.29 is 4.74 Å². The normalized spacial score (nSPS) is 14.7. The zero-order valence-corrected chi connectivity index (χ0v) is 14.1. The molecule has 1 aromatic rings.